The molecule has 1 aliphatic heterocycles. The van der Waals surface area contributed by atoms with Crippen LogP contribution in [-0.4, -0.2) is 48.5 Å². The summed E-state index contributed by atoms with van der Waals surface area (Å²) in [5.41, 5.74) is 0. The number of nitrogens with zero attached hydrogens (tertiary/aromatic N) is 2. The second-order valence-electron chi connectivity index (χ2n) is 3.15. The Balaban J connectivity index is 1.87. The van der Waals surface area contributed by atoms with Gasteiger partial charge in [0, 0.05) is 24.7 Å². The summed E-state index contributed by atoms with van der Waals surface area (Å²) in [4.78, 5) is 17.7. The summed E-state index contributed by atoms with van der Waals surface area (Å²) in [5, 5.41) is 2.43. The highest BCUT2D eigenvalue weighted by Gasteiger charge is 2.16. The van der Waals surface area contributed by atoms with E-state index >= 15 is 0 Å². The van der Waals surface area contributed by atoms with Crippen LogP contribution >= 0.6 is 11.3 Å². The van der Waals surface area contributed by atoms with E-state index in [4.69, 9.17) is 4.74 Å². The molecule has 2 rings (SSSR count). The molecule has 4 nitrogen and oxygen atoms in total. The number of thiazole rings is 1. The van der Waals surface area contributed by atoms with Crippen molar-refractivity contribution in [2.24, 2.45) is 0 Å². The maximum absolute atomic E-state index is 11.6. The van der Waals surface area contributed by atoms with Gasteiger partial charge in [0.05, 0.1) is 19.8 Å². The monoisotopic (exact) mass is 212 g/mol. The van der Waals surface area contributed by atoms with E-state index in [0.29, 0.717) is 11.6 Å². The summed E-state index contributed by atoms with van der Waals surface area (Å²) < 4.78 is 5.21. The Morgan fingerprint density at radius 3 is 3.00 bits per heavy atom. The van der Waals surface area contributed by atoms with Gasteiger partial charge in [0.15, 0.2) is 5.01 Å². The van der Waals surface area contributed by atoms with E-state index in [9.17, 15) is 4.79 Å². The topological polar surface area (TPSA) is 42.4 Å². The number of hydrogen-bond donors (Lipinski definition) is 0. The summed E-state index contributed by atoms with van der Waals surface area (Å²) >= 11 is 1.40. The minimum absolute atomic E-state index is 0.113. The lowest BCUT2D eigenvalue weighted by Gasteiger charge is -2.25. The van der Waals surface area contributed by atoms with Crippen LogP contribution in [0.15, 0.2) is 11.6 Å². The van der Waals surface area contributed by atoms with Gasteiger partial charge in [-0.2, -0.15) is 0 Å². The highest BCUT2D eigenvalue weighted by Crippen LogP contribution is 2.06. The molecule has 0 bridgehead atoms. The Morgan fingerprint density at radius 2 is 2.36 bits per heavy atom. The zero-order valence-electron chi connectivity index (χ0n) is 7.81. The van der Waals surface area contributed by atoms with Crippen molar-refractivity contribution in [2.45, 2.75) is 0 Å². The van der Waals surface area contributed by atoms with Crippen molar-refractivity contribution in [3.63, 3.8) is 0 Å². The minimum atomic E-state index is 0.113. The second kappa shape index (κ2) is 4.63. The average molecular weight is 212 g/mol. The van der Waals surface area contributed by atoms with Crippen LogP contribution in [0, 0.1) is 0 Å². The lowest BCUT2D eigenvalue weighted by atomic mass is 10.3. The van der Waals surface area contributed by atoms with Gasteiger partial charge in [-0.05, 0) is 0 Å². The number of carbonyl (C=O) groups is 1. The van der Waals surface area contributed by atoms with E-state index in [2.05, 4.69) is 9.88 Å². The molecule has 14 heavy (non-hydrogen) atoms. The van der Waals surface area contributed by atoms with Crippen molar-refractivity contribution in [1.29, 1.82) is 0 Å². The third-order valence-electron chi connectivity index (χ3n) is 2.14. The van der Waals surface area contributed by atoms with Crippen LogP contribution in [0.4, 0.5) is 0 Å². The molecular weight excluding hydrogens is 200 g/mol. The van der Waals surface area contributed by atoms with Gasteiger partial charge in [0.1, 0.15) is 0 Å². The molecular formula is C9H12N2O2S. The van der Waals surface area contributed by atoms with Crippen molar-refractivity contribution in [3.8, 4) is 0 Å². The lowest BCUT2D eigenvalue weighted by molar-refractivity contribution is 0.0371. The van der Waals surface area contributed by atoms with Crippen molar-refractivity contribution < 1.29 is 9.53 Å². The van der Waals surface area contributed by atoms with E-state index in [1.165, 1.54) is 11.3 Å². The maximum Gasteiger partial charge on any atom is 0.205 e. The molecule has 2 heterocycles. The molecule has 0 N–H and O–H groups in total. The first-order chi connectivity index (χ1) is 6.86. The molecule has 0 unspecified atom stereocenters. The van der Waals surface area contributed by atoms with Gasteiger partial charge >= 0.3 is 0 Å². The Kier molecular flexibility index (Phi) is 3.23. The minimum Gasteiger partial charge on any atom is -0.379 e. The Bertz CT molecular complexity index is 294. The van der Waals surface area contributed by atoms with Crippen molar-refractivity contribution >= 4 is 17.1 Å². The average Bonchev–Trinajstić information content (AvgIpc) is 2.72. The molecule has 1 aromatic rings. The normalized spacial score (nSPS) is 18.3. The number of ketones is 1. The zero-order chi connectivity index (χ0) is 9.80. The van der Waals surface area contributed by atoms with Gasteiger partial charge in [0.2, 0.25) is 5.78 Å². The largest absolute Gasteiger partial charge is 0.379 e. The fourth-order valence-corrected chi connectivity index (χ4v) is 1.96. The van der Waals surface area contributed by atoms with E-state index in [-0.39, 0.29) is 5.78 Å². The molecule has 0 atom stereocenters. The van der Waals surface area contributed by atoms with Crippen LogP contribution in [0.25, 0.3) is 0 Å². The highest BCUT2D eigenvalue weighted by molar-refractivity contribution is 7.11. The number of hydrogen-bond acceptors (Lipinski definition) is 5. The number of ether oxygens (including phenoxy) is 1. The van der Waals surface area contributed by atoms with Crippen molar-refractivity contribution in [2.75, 3.05) is 32.8 Å². The molecule has 1 aliphatic rings. The number of aromatic nitrogens is 1. The smallest absolute Gasteiger partial charge is 0.205 e. The first-order valence-corrected chi connectivity index (χ1v) is 5.47. The van der Waals surface area contributed by atoms with Crippen molar-refractivity contribution in [3.05, 3.63) is 16.6 Å². The van der Waals surface area contributed by atoms with Gasteiger partial charge in [-0.1, -0.05) is 0 Å². The maximum atomic E-state index is 11.6. The van der Waals surface area contributed by atoms with Crippen LogP contribution < -0.4 is 0 Å². The van der Waals surface area contributed by atoms with Gasteiger partial charge in [0.25, 0.3) is 0 Å². The Morgan fingerprint density at radius 1 is 1.57 bits per heavy atom. The molecule has 0 aliphatic carbocycles. The van der Waals surface area contributed by atoms with Gasteiger partial charge in [-0.3, -0.25) is 9.69 Å². The summed E-state index contributed by atoms with van der Waals surface area (Å²) in [5.74, 6) is 0.113. The van der Waals surface area contributed by atoms with Crippen molar-refractivity contribution in [1.82, 2.24) is 9.88 Å². The van der Waals surface area contributed by atoms with Gasteiger partial charge < -0.3 is 4.74 Å². The van der Waals surface area contributed by atoms with E-state index in [1.807, 2.05) is 5.38 Å². The summed E-state index contributed by atoms with van der Waals surface area (Å²) in [6.07, 6.45) is 1.66. The second-order valence-corrected chi connectivity index (χ2v) is 4.04. The van der Waals surface area contributed by atoms with Crippen LogP contribution in [0.5, 0.6) is 0 Å². The summed E-state index contributed by atoms with van der Waals surface area (Å²) in [7, 11) is 0. The summed E-state index contributed by atoms with van der Waals surface area (Å²) in [6.45, 7) is 3.61. The SMILES string of the molecule is O=C(CN1CCOCC1)c1nccs1. The quantitative estimate of drug-likeness (QED) is 0.690. The van der Waals surface area contributed by atoms with Crippen LogP contribution in [0.3, 0.4) is 0 Å². The standard InChI is InChI=1S/C9H12N2O2S/c12-8(9-10-1-6-14-9)7-11-2-4-13-5-3-11/h1,6H,2-5,7H2. The number of carbonyl (C=O) groups excluding carboxylic acids is 1. The lowest BCUT2D eigenvalue weighted by Crippen LogP contribution is -2.39. The van der Waals surface area contributed by atoms with E-state index in [0.717, 1.165) is 26.3 Å². The van der Waals surface area contributed by atoms with Gasteiger partial charge in [-0.15, -0.1) is 11.3 Å². The molecule has 76 valence electrons. The highest BCUT2D eigenvalue weighted by atomic mass is 32.1. The predicted octanol–water partition coefficient (Wildman–Crippen LogP) is 0.658. The summed E-state index contributed by atoms with van der Waals surface area (Å²) in [6, 6.07) is 0. The third-order valence-corrected chi connectivity index (χ3v) is 2.96. The van der Waals surface area contributed by atoms with Crippen LogP contribution in [-0.2, 0) is 4.74 Å². The molecule has 0 spiro atoms. The molecule has 5 heteroatoms. The molecule has 0 amide bonds. The number of Topliss-reactive ketones (excluding diaryl/α,β-unsaturated/α-hetero) is 1. The Labute approximate surface area is 86.5 Å². The predicted molar refractivity (Wildman–Crippen MR) is 53.7 cm³/mol. The van der Waals surface area contributed by atoms with Crippen LogP contribution in [0.2, 0.25) is 0 Å². The molecule has 1 saturated heterocycles. The molecule has 1 fully saturated rings. The van der Waals surface area contributed by atoms with Crippen LogP contribution in [0.1, 0.15) is 9.80 Å². The molecule has 0 aromatic carbocycles. The third kappa shape index (κ3) is 2.37. The molecule has 1 aromatic heterocycles. The van der Waals surface area contributed by atoms with Gasteiger partial charge in [-0.25, -0.2) is 4.98 Å². The van der Waals surface area contributed by atoms with E-state index in [1.54, 1.807) is 6.20 Å². The Hall–Kier alpha value is -0.780. The van der Waals surface area contributed by atoms with E-state index < -0.39 is 0 Å². The number of rotatable bonds is 3. The fraction of sp³-hybridized carbons (Fsp3) is 0.556. The molecule has 0 radical (unpaired) electrons. The first-order valence-electron chi connectivity index (χ1n) is 4.59. The first kappa shape index (κ1) is 9.76. The number of morpholine rings is 1. The zero-order valence-corrected chi connectivity index (χ0v) is 8.63. The fourth-order valence-electron chi connectivity index (χ4n) is 1.39. The molecule has 0 saturated carbocycles.